The standard InChI is InChI=1S/C14H8ClN5S/c15-11-3-1-10(2-4-11)13-19-20-12(17-18-14(20)21-13)9-5-7-16-8-6-9/h1-8H. The molecular formula is C14H8ClN5S. The molecule has 4 aromatic rings. The van der Waals surface area contributed by atoms with E-state index < -0.39 is 0 Å². The molecule has 5 nitrogen and oxygen atoms in total. The van der Waals surface area contributed by atoms with Gasteiger partial charge in [-0.3, -0.25) is 4.98 Å². The first-order valence-electron chi connectivity index (χ1n) is 6.20. The number of halogens is 1. The Morgan fingerprint density at radius 2 is 1.67 bits per heavy atom. The first-order chi connectivity index (χ1) is 10.3. The van der Waals surface area contributed by atoms with Crippen molar-refractivity contribution in [2.45, 2.75) is 0 Å². The van der Waals surface area contributed by atoms with Crippen LogP contribution < -0.4 is 0 Å². The SMILES string of the molecule is Clc1ccc(-c2nn3c(-c4ccncc4)nnc3s2)cc1. The highest BCUT2D eigenvalue weighted by Gasteiger charge is 2.14. The van der Waals surface area contributed by atoms with Gasteiger partial charge in [0.25, 0.3) is 0 Å². The van der Waals surface area contributed by atoms with Crippen LogP contribution in [0.5, 0.6) is 0 Å². The summed E-state index contributed by atoms with van der Waals surface area (Å²) in [6.45, 7) is 0. The van der Waals surface area contributed by atoms with Crippen molar-refractivity contribution >= 4 is 27.9 Å². The van der Waals surface area contributed by atoms with Gasteiger partial charge in [0, 0.05) is 28.5 Å². The average Bonchev–Trinajstić information content (AvgIpc) is 3.09. The van der Waals surface area contributed by atoms with Crippen molar-refractivity contribution in [3.05, 3.63) is 53.8 Å². The van der Waals surface area contributed by atoms with E-state index in [4.69, 9.17) is 11.6 Å². The molecule has 21 heavy (non-hydrogen) atoms. The molecule has 4 rings (SSSR count). The van der Waals surface area contributed by atoms with Gasteiger partial charge in [-0.1, -0.05) is 35.1 Å². The zero-order valence-corrected chi connectivity index (χ0v) is 12.2. The van der Waals surface area contributed by atoms with Crippen LogP contribution in [0, 0.1) is 0 Å². The van der Waals surface area contributed by atoms with Crippen LogP contribution in [0.2, 0.25) is 5.02 Å². The lowest BCUT2D eigenvalue weighted by molar-refractivity contribution is 0.970. The number of pyridine rings is 1. The van der Waals surface area contributed by atoms with Gasteiger partial charge in [0.2, 0.25) is 4.96 Å². The lowest BCUT2D eigenvalue weighted by atomic mass is 10.2. The number of hydrogen-bond donors (Lipinski definition) is 0. The van der Waals surface area contributed by atoms with E-state index in [9.17, 15) is 0 Å². The van der Waals surface area contributed by atoms with Gasteiger partial charge in [-0.25, -0.2) is 0 Å². The van der Waals surface area contributed by atoms with Gasteiger partial charge in [-0.15, -0.1) is 10.2 Å². The van der Waals surface area contributed by atoms with Crippen LogP contribution in [-0.4, -0.2) is 24.8 Å². The molecule has 0 aliphatic rings. The molecule has 0 unspecified atom stereocenters. The van der Waals surface area contributed by atoms with Crippen molar-refractivity contribution in [2.24, 2.45) is 0 Å². The first kappa shape index (κ1) is 12.4. The van der Waals surface area contributed by atoms with E-state index in [-0.39, 0.29) is 0 Å². The zero-order chi connectivity index (χ0) is 14.2. The van der Waals surface area contributed by atoms with Gasteiger partial charge < -0.3 is 0 Å². The minimum Gasteiger partial charge on any atom is -0.265 e. The van der Waals surface area contributed by atoms with Crippen LogP contribution in [0.15, 0.2) is 48.8 Å². The highest BCUT2D eigenvalue weighted by Crippen LogP contribution is 2.28. The second-order valence-electron chi connectivity index (χ2n) is 4.37. The van der Waals surface area contributed by atoms with Crippen LogP contribution in [0.3, 0.4) is 0 Å². The van der Waals surface area contributed by atoms with Crippen molar-refractivity contribution in [1.82, 2.24) is 24.8 Å². The van der Waals surface area contributed by atoms with Gasteiger partial charge in [-0.05, 0) is 24.3 Å². The van der Waals surface area contributed by atoms with E-state index >= 15 is 0 Å². The maximum Gasteiger partial charge on any atom is 0.235 e. The zero-order valence-electron chi connectivity index (χ0n) is 10.6. The largest absolute Gasteiger partial charge is 0.265 e. The molecule has 0 aliphatic carbocycles. The van der Waals surface area contributed by atoms with Gasteiger partial charge in [0.15, 0.2) is 5.82 Å². The molecule has 0 spiro atoms. The molecule has 0 saturated carbocycles. The maximum atomic E-state index is 5.91. The van der Waals surface area contributed by atoms with Crippen LogP contribution >= 0.6 is 22.9 Å². The second kappa shape index (κ2) is 4.91. The maximum absolute atomic E-state index is 5.91. The lowest BCUT2D eigenvalue weighted by Gasteiger charge is -1.96. The molecule has 0 saturated heterocycles. The van der Waals surface area contributed by atoms with E-state index in [1.807, 2.05) is 36.4 Å². The number of benzene rings is 1. The second-order valence-corrected chi connectivity index (χ2v) is 5.76. The molecule has 7 heteroatoms. The summed E-state index contributed by atoms with van der Waals surface area (Å²) in [5.41, 5.74) is 1.95. The Kier molecular flexibility index (Phi) is 2.90. The number of rotatable bonds is 2. The summed E-state index contributed by atoms with van der Waals surface area (Å²) in [4.78, 5) is 4.76. The first-order valence-corrected chi connectivity index (χ1v) is 7.39. The molecule has 102 valence electrons. The fourth-order valence-corrected chi connectivity index (χ4v) is 2.98. The lowest BCUT2D eigenvalue weighted by Crippen LogP contribution is -1.91. The minimum absolute atomic E-state index is 0.708. The molecule has 0 fully saturated rings. The highest BCUT2D eigenvalue weighted by molar-refractivity contribution is 7.19. The smallest absolute Gasteiger partial charge is 0.235 e. The predicted octanol–water partition coefficient (Wildman–Crippen LogP) is 3.57. The van der Waals surface area contributed by atoms with Gasteiger partial charge in [0.05, 0.1) is 0 Å². The summed E-state index contributed by atoms with van der Waals surface area (Å²) >= 11 is 7.40. The third-order valence-electron chi connectivity index (χ3n) is 3.02. The van der Waals surface area contributed by atoms with E-state index in [1.54, 1.807) is 16.9 Å². The number of nitrogens with zero attached hydrogens (tertiary/aromatic N) is 5. The topological polar surface area (TPSA) is 56.0 Å². The number of aromatic nitrogens is 5. The Bertz CT molecular complexity index is 898. The normalized spacial score (nSPS) is 11.1. The number of fused-ring (bicyclic) bond motifs is 1. The predicted molar refractivity (Wildman–Crippen MR) is 82.3 cm³/mol. The van der Waals surface area contributed by atoms with E-state index in [2.05, 4.69) is 20.3 Å². The molecule has 0 amide bonds. The summed E-state index contributed by atoms with van der Waals surface area (Å²) in [6, 6.07) is 11.4. The molecular weight excluding hydrogens is 306 g/mol. The summed E-state index contributed by atoms with van der Waals surface area (Å²) in [6.07, 6.45) is 3.45. The Hall–Kier alpha value is -2.31. The Morgan fingerprint density at radius 1 is 0.905 bits per heavy atom. The van der Waals surface area contributed by atoms with Crippen molar-refractivity contribution < 1.29 is 0 Å². The minimum atomic E-state index is 0.708. The van der Waals surface area contributed by atoms with E-state index in [0.29, 0.717) is 10.8 Å². The molecule has 0 bridgehead atoms. The monoisotopic (exact) mass is 313 g/mol. The van der Waals surface area contributed by atoms with Crippen molar-refractivity contribution in [1.29, 1.82) is 0 Å². The third kappa shape index (κ3) is 2.18. The van der Waals surface area contributed by atoms with Gasteiger partial charge in [0.1, 0.15) is 5.01 Å². The summed E-state index contributed by atoms with van der Waals surface area (Å²) < 4.78 is 1.75. The molecule has 1 aromatic carbocycles. The average molecular weight is 314 g/mol. The fourth-order valence-electron chi connectivity index (χ4n) is 2.01. The third-order valence-corrected chi connectivity index (χ3v) is 4.22. The van der Waals surface area contributed by atoms with Crippen LogP contribution in [-0.2, 0) is 0 Å². The van der Waals surface area contributed by atoms with E-state index in [1.165, 1.54) is 11.3 Å². The van der Waals surface area contributed by atoms with Crippen LogP contribution in [0.4, 0.5) is 0 Å². The highest BCUT2D eigenvalue weighted by atomic mass is 35.5. The van der Waals surface area contributed by atoms with E-state index in [0.717, 1.165) is 21.1 Å². The molecule has 0 aliphatic heterocycles. The number of hydrogen-bond acceptors (Lipinski definition) is 5. The van der Waals surface area contributed by atoms with Crippen molar-refractivity contribution in [3.63, 3.8) is 0 Å². The Morgan fingerprint density at radius 3 is 2.43 bits per heavy atom. The Labute approximate surface area is 128 Å². The van der Waals surface area contributed by atoms with Gasteiger partial charge in [-0.2, -0.15) is 9.61 Å². The summed E-state index contributed by atoms with van der Waals surface area (Å²) in [5, 5.41) is 14.6. The molecule has 0 radical (unpaired) electrons. The van der Waals surface area contributed by atoms with Crippen molar-refractivity contribution in [3.8, 4) is 22.0 Å². The summed E-state index contributed by atoms with van der Waals surface area (Å²) in [5.74, 6) is 0.712. The van der Waals surface area contributed by atoms with Crippen LogP contribution in [0.1, 0.15) is 0 Å². The fraction of sp³-hybridized carbons (Fsp3) is 0. The molecule has 3 heterocycles. The molecule has 0 atom stereocenters. The Balaban J connectivity index is 1.84. The van der Waals surface area contributed by atoms with Crippen LogP contribution in [0.25, 0.3) is 26.9 Å². The van der Waals surface area contributed by atoms with Gasteiger partial charge >= 0.3 is 0 Å². The molecule has 3 aromatic heterocycles. The summed E-state index contributed by atoms with van der Waals surface area (Å²) in [7, 11) is 0. The quantitative estimate of drug-likeness (QED) is 0.567. The molecule has 0 N–H and O–H groups in total. The van der Waals surface area contributed by atoms with Crippen molar-refractivity contribution in [2.75, 3.05) is 0 Å².